The third-order valence-electron chi connectivity index (χ3n) is 17.1. The third kappa shape index (κ3) is 6.83. The minimum absolute atomic E-state index is 0.132. The molecule has 2 heteroatoms. The lowest BCUT2D eigenvalue weighted by Crippen LogP contribution is -2.27. The molecule has 0 radical (unpaired) electrons. The van der Waals surface area contributed by atoms with Crippen LogP contribution in [0.2, 0.25) is 0 Å². The van der Waals surface area contributed by atoms with Crippen molar-refractivity contribution >= 4 is 34.1 Å². The van der Waals surface area contributed by atoms with E-state index >= 15 is 0 Å². The van der Waals surface area contributed by atoms with Crippen molar-refractivity contribution in [2.75, 3.05) is 9.80 Å². The summed E-state index contributed by atoms with van der Waals surface area (Å²) in [6.45, 7) is 4.74. The largest absolute Gasteiger partial charge is 0.310 e. The monoisotopic (exact) mass is 994 g/mol. The van der Waals surface area contributed by atoms with Crippen LogP contribution >= 0.6 is 0 Å². The second-order valence-corrected chi connectivity index (χ2v) is 21.5. The van der Waals surface area contributed by atoms with Gasteiger partial charge in [0.2, 0.25) is 0 Å². The highest BCUT2D eigenvalue weighted by Crippen LogP contribution is 2.66. The molecule has 1 unspecified atom stereocenters. The molecule has 78 heavy (non-hydrogen) atoms. The van der Waals surface area contributed by atoms with E-state index in [1.807, 2.05) is 0 Å². The van der Waals surface area contributed by atoms with Crippen LogP contribution in [-0.4, -0.2) is 0 Å². The molecule has 12 aromatic rings. The van der Waals surface area contributed by atoms with E-state index in [0.29, 0.717) is 0 Å². The van der Waals surface area contributed by atoms with Crippen LogP contribution in [0, 0.1) is 0 Å². The molecule has 2 nitrogen and oxygen atoms in total. The van der Waals surface area contributed by atoms with E-state index in [4.69, 9.17) is 0 Å². The van der Waals surface area contributed by atoms with E-state index < -0.39 is 5.41 Å². The zero-order chi connectivity index (χ0) is 52.0. The van der Waals surface area contributed by atoms with E-state index in [1.165, 1.54) is 94.6 Å². The van der Waals surface area contributed by atoms with Gasteiger partial charge in [-0.15, -0.1) is 0 Å². The Bertz CT molecular complexity index is 4240. The van der Waals surface area contributed by atoms with Gasteiger partial charge in [0.1, 0.15) is 0 Å². The fourth-order valence-electron chi connectivity index (χ4n) is 13.7. The molecule has 0 saturated carbocycles. The summed E-state index contributed by atoms with van der Waals surface area (Å²) in [6.07, 6.45) is 0. The summed E-state index contributed by atoms with van der Waals surface area (Å²) in [5, 5.41) is 0. The Morgan fingerprint density at radius 3 is 1.08 bits per heavy atom. The topological polar surface area (TPSA) is 6.48 Å². The zero-order valence-corrected chi connectivity index (χ0v) is 43.6. The van der Waals surface area contributed by atoms with Crippen molar-refractivity contribution < 1.29 is 0 Å². The van der Waals surface area contributed by atoms with Crippen molar-refractivity contribution in [3.8, 4) is 66.8 Å². The zero-order valence-electron chi connectivity index (χ0n) is 43.6. The molecule has 368 valence electrons. The number of fused-ring (bicyclic) bond motifs is 13. The summed E-state index contributed by atoms with van der Waals surface area (Å²) in [4.78, 5) is 5.00. The Hall–Kier alpha value is -9.76. The van der Waals surface area contributed by atoms with E-state index in [2.05, 4.69) is 315 Å². The van der Waals surface area contributed by atoms with Crippen LogP contribution in [0.15, 0.2) is 291 Å². The number of para-hydroxylation sites is 3. The number of rotatable bonds is 9. The molecule has 0 bridgehead atoms. The minimum atomic E-state index is -0.698. The lowest BCUT2D eigenvalue weighted by Gasteiger charge is -2.35. The molecule has 12 aromatic carbocycles. The number of anilines is 6. The lowest BCUT2D eigenvalue weighted by atomic mass is 9.70. The number of hydrogen-bond donors (Lipinski definition) is 0. The molecular weight excluding hydrogens is 941 g/mol. The Balaban J connectivity index is 1.07. The second-order valence-electron chi connectivity index (χ2n) is 21.5. The van der Waals surface area contributed by atoms with Crippen molar-refractivity contribution in [3.05, 3.63) is 325 Å². The van der Waals surface area contributed by atoms with Gasteiger partial charge >= 0.3 is 0 Å². The summed E-state index contributed by atoms with van der Waals surface area (Å²) in [7, 11) is 0. The molecule has 0 saturated heterocycles. The first-order valence-corrected chi connectivity index (χ1v) is 27.3. The van der Waals surface area contributed by atoms with Gasteiger partial charge in [0, 0.05) is 39.3 Å². The first-order valence-electron chi connectivity index (χ1n) is 27.3. The van der Waals surface area contributed by atoms with Gasteiger partial charge in [-0.3, -0.25) is 0 Å². The van der Waals surface area contributed by atoms with Gasteiger partial charge in [-0.25, -0.2) is 0 Å². The van der Waals surface area contributed by atoms with Crippen molar-refractivity contribution in [3.63, 3.8) is 0 Å². The molecule has 0 heterocycles. The van der Waals surface area contributed by atoms with Gasteiger partial charge in [-0.2, -0.15) is 0 Å². The van der Waals surface area contributed by atoms with Crippen LogP contribution in [0.1, 0.15) is 47.2 Å². The number of nitrogens with zero attached hydrogens (tertiary/aromatic N) is 2. The molecule has 0 N–H and O–H groups in total. The van der Waals surface area contributed by atoms with Gasteiger partial charge in [0.15, 0.2) is 0 Å². The first-order chi connectivity index (χ1) is 38.5. The van der Waals surface area contributed by atoms with Crippen molar-refractivity contribution in [1.82, 2.24) is 0 Å². The van der Waals surface area contributed by atoms with Crippen molar-refractivity contribution in [2.24, 2.45) is 0 Å². The molecule has 3 aliphatic rings. The predicted molar refractivity (Wildman–Crippen MR) is 326 cm³/mol. The smallest absolute Gasteiger partial charge is 0.0727 e. The second kappa shape index (κ2) is 17.9. The van der Waals surface area contributed by atoms with Crippen LogP contribution in [0.4, 0.5) is 34.1 Å². The standard InChI is InChI=1S/C76H54N2/c1-75(2)67-41-23-20-38-59(67)63-46-56(44-45-68(63)75)78(55-34-16-7-17-35-55)74-50-72-65(48-66(74)58-37-19-18-36-57(58)51-26-8-3-9-27-51)61-40-22-25-43-70(61)76(72)69-42-24-21-39-60(69)64-47-62(52-28-10-4-11-29-52)73(49-71(64)76)77(53-30-12-5-13-31-53)54-32-14-6-15-33-54/h3-50H,1-2H3. The lowest BCUT2D eigenvalue weighted by molar-refractivity contribution is 0.660. The molecule has 3 aliphatic carbocycles. The summed E-state index contributed by atoms with van der Waals surface area (Å²) in [5.74, 6) is 0. The van der Waals surface area contributed by atoms with Crippen molar-refractivity contribution in [2.45, 2.75) is 24.7 Å². The van der Waals surface area contributed by atoms with Gasteiger partial charge < -0.3 is 9.80 Å². The maximum atomic E-state index is 2.59. The highest BCUT2D eigenvalue weighted by molar-refractivity contribution is 6.04. The van der Waals surface area contributed by atoms with E-state index in [9.17, 15) is 0 Å². The average Bonchev–Trinajstić information content (AvgIpc) is 2.61. The third-order valence-corrected chi connectivity index (χ3v) is 17.1. The Morgan fingerprint density at radius 2 is 0.564 bits per heavy atom. The van der Waals surface area contributed by atoms with Crippen LogP contribution in [-0.2, 0) is 10.8 Å². The maximum Gasteiger partial charge on any atom is 0.0727 e. The van der Waals surface area contributed by atoms with Crippen molar-refractivity contribution in [1.29, 1.82) is 0 Å². The molecule has 0 fully saturated rings. The van der Waals surface area contributed by atoms with Crippen LogP contribution in [0.3, 0.4) is 0 Å². The molecule has 1 atom stereocenters. The predicted octanol–water partition coefficient (Wildman–Crippen LogP) is 20.3. The molecule has 0 aromatic heterocycles. The fraction of sp³-hybridized carbons (Fsp3) is 0.0526. The Morgan fingerprint density at radius 1 is 0.218 bits per heavy atom. The van der Waals surface area contributed by atoms with E-state index in [0.717, 1.165) is 39.7 Å². The SMILES string of the molecule is CC1(C)c2ccccc2-c2cc(N(c3ccccc3)c3cc4c(cc3-c3ccccc3-c3ccccc3)-c3ccccc3C43c4ccccc4-c4cc(-c5ccccc5)c(N(c5ccccc5)c5ccccc5)cc43)ccc21. The highest BCUT2D eigenvalue weighted by Gasteiger charge is 2.53. The van der Waals surface area contributed by atoms with E-state index in [1.54, 1.807) is 0 Å². The molecule has 15 rings (SSSR count). The number of benzene rings is 12. The molecular formula is C76H54N2. The van der Waals surface area contributed by atoms with Gasteiger partial charge in [0.25, 0.3) is 0 Å². The summed E-state index contributed by atoms with van der Waals surface area (Å²) >= 11 is 0. The van der Waals surface area contributed by atoms with E-state index in [-0.39, 0.29) is 5.41 Å². The summed E-state index contributed by atoms with van der Waals surface area (Å²) in [5.41, 5.74) is 28.3. The fourth-order valence-corrected chi connectivity index (χ4v) is 13.7. The molecule has 0 amide bonds. The summed E-state index contributed by atoms with van der Waals surface area (Å²) in [6, 6.07) is 108. The molecule has 0 aliphatic heterocycles. The van der Waals surface area contributed by atoms with Gasteiger partial charge in [0.05, 0.1) is 16.8 Å². The Labute approximate surface area is 457 Å². The van der Waals surface area contributed by atoms with Gasteiger partial charge in [-0.05, 0) is 162 Å². The highest BCUT2D eigenvalue weighted by atomic mass is 15.2. The van der Waals surface area contributed by atoms with Gasteiger partial charge in [-0.1, -0.05) is 232 Å². The maximum absolute atomic E-state index is 2.59. The average molecular weight is 995 g/mol. The minimum Gasteiger partial charge on any atom is -0.310 e. The number of hydrogen-bond acceptors (Lipinski definition) is 2. The molecule has 1 spiro atoms. The first kappa shape index (κ1) is 45.6. The van der Waals surface area contributed by atoms with Crippen LogP contribution < -0.4 is 9.80 Å². The quantitative estimate of drug-likeness (QED) is 0.142. The summed E-state index contributed by atoms with van der Waals surface area (Å²) < 4.78 is 0. The van der Waals surface area contributed by atoms with Crippen LogP contribution in [0.5, 0.6) is 0 Å². The Kier molecular flexibility index (Phi) is 10.5. The van der Waals surface area contributed by atoms with Crippen LogP contribution in [0.25, 0.3) is 66.8 Å². The normalized spacial score (nSPS) is 14.7.